The third-order valence-electron chi connectivity index (χ3n) is 4.60. The summed E-state index contributed by atoms with van der Waals surface area (Å²) in [6, 6.07) is 7.89. The van der Waals surface area contributed by atoms with Crippen molar-refractivity contribution < 1.29 is 4.79 Å². The van der Waals surface area contributed by atoms with Crippen LogP contribution in [0.25, 0.3) is 0 Å². The molecule has 1 fully saturated rings. The Balaban J connectivity index is 1.86. The fraction of sp³-hybridized carbons (Fsp3) is 0.389. The molecule has 132 valence electrons. The van der Waals surface area contributed by atoms with Gasteiger partial charge in [0.1, 0.15) is 11.4 Å². The molecule has 1 saturated carbocycles. The second kappa shape index (κ2) is 6.68. The number of carbonyl (C=O) groups is 1. The van der Waals surface area contributed by atoms with Crippen LogP contribution in [0.1, 0.15) is 42.1 Å². The van der Waals surface area contributed by atoms with Gasteiger partial charge >= 0.3 is 0 Å². The number of nitrogens with one attached hydrogen (secondary N) is 2. The monoisotopic (exact) mass is 340 g/mol. The van der Waals surface area contributed by atoms with Crippen LogP contribution in [0.15, 0.2) is 30.5 Å². The van der Waals surface area contributed by atoms with Gasteiger partial charge in [0.25, 0.3) is 5.91 Å². The molecule has 1 aliphatic carbocycles. The second-order valence-electron chi connectivity index (χ2n) is 6.65. The molecule has 7 nitrogen and oxygen atoms in total. The molecule has 6 N–H and O–H groups in total. The number of rotatable bonds is 7. The summed E-state index contributed by atoms with van der Waals surface area (Å²) < 4.78 is 0. The van der Waals surface area contributed by atoms with Gasteiger partial charge in [0.05, 0.1) is 0 Å². The van der Waals surface area contributed by atoms with Gasteiger partial charge in [-0.25, -0.2) is 4.98 Å². The van der Waals surface area contributed by atoms with E-state index in [4.69, 9.17) is 11.5 Å². The Morgan fingerprint density at radius 3 is 2.56 bits per heavy atom. The van der Waals surface area contributed by atoms with Crippen LogP contribution in [0.2, 0.25) is 0 Å². The zero-order chi connectivity index (χ0) is 18.0. The number of hydrogen-bond donors (Lipinski definition) is 4. The zero-order valence-electron chi connectivity index (χ0n) is 14.5. The Bertz CT molecular complexity index is 770. The number of anilines is 3. The number of amides is 1. The summed E-state index contributed by atoms with van der Waals surface area (Å²) in [7, 11) is 0. The number of primary amides is 1. The molecule has 0 spiro atoms. The standard InChI is InChI=1S/C18H24N6O/c1-3-14(18(20)8-9-18)23-17-21-10-13(15(19)25)16(24-17)22-12-6-4-11(2)5-7-12/h4-7,10,14H,3,8-9,20H2,1-2H3,(H2,19,25)(H2,21,22,23,24). The average molecular weight is 340 g/mol. The fourth-order valence-corrected chi connectivity index (χ4v) is 2.80. The molecule has 3 rings (SSSR count). The molecule has 1 heterocycles. The van der Waals surface area contributed by atoms with E-state index in [9.17, 15) is 4.79 Å². The van der Waals surface area contributed by atoms with Crippen molar-refractivity contribution in [3.05, 3.63) is 41.6 Å². The van der Waals surface area contributed by atoms with E-state index >= 15 is 0 Å². The Morgan fingerprint density at radius 1 is 1.32 bits per heavy atom. The molecule has 1 atom stereocenters. The van der Waals surface area contributed by atoms with E-state index in [1.807, 2.05) is 31.2 Å². The maximum Gasteiger partial charge on any atom is 0.254 e. The first kappa shape index (κ1) is 17.2. The topological polar surface area (TPSA) is 119 Å². The first-order valence-corrected chi connectivity index (χ1v) is 8.47. The van der Waals surface area contributed by atoms with Crippen molar-refractivity contribution in [1.29, 1.82) is 0 Å². The highest BCUT2D eigenvalue weighted by molar-refractivity contribution is 5.98. The summed E-state index contributed by atoms with van der Waals surface area (Å²) in [4.78, 5) is 20.4. The van der Waals surface area contributed by atoms with E-state index in [0.29, 0.717) is 11.8 Å². The SMILES string of the molecule is CCC(Nc1ncc(C(N)=O)c(Nc2ccc(C)cc2)n1)C1(N)CC1. The van der Waals surface area contributed by atoms with Crippen LogP contribution in [0.5, 0.6) is 0 Å². The van der Waals surface area contributed by atoms with Gasteiger partial charge < -0.3 is 22.1 Å². The lowest BCUT2D eigenvalue weighted by Gasteiger charge is -2.23. The molecule has 0 aliphatic heterocycles. The number of aromatic nitrogens is 2. The van der Waals surface area contributed by atoms with Crippen molar-refractivity contribution in [2.24, 2.45) is 11.5 Å². The minimum absolute atomic E-state index is 0.0964. The lowest BCUT2D eigenvalue weighted by molar-refractivity contribution is 0.100. The average Bonchev–Trinajstić information content (AvgIpc) is 3.33. The van der Waals surface area contributed by atoms with Gasteiger partial charge in [0.2, 0.25) is 5.95 Å². The highest BCUT2D eigenvalue weighted by Crippen LogP contribution is 2.38. The van der Waals surface area contributed by atoms with Crippen LogP contribution in [-0.4, -0.2) is 27.5 Å². The van der Waals surface area contributed by atoms with Crippen molar-refractivity contribution in [3.8, 4) is 0 Å². The highest BCUT2D eigenvalue weighted by atomic mass is 16.1. The summed E-state index contributed by atoms with van der Waals surface area (Å²) in [5, 5.41) is 6.44. The number of aryl methyl sites for hydroxylation is 1. The van der Waals surface area contributed by atoms with Crippen molar-refractivity contribution in [2.45, 2.75) is 44.7 Å². The van der Waals surface area contributed by atoms with Gasteiger partial charge in [-0.3, -0.25) is 4.79 Å². The first-order chi connectivity index (χ1) is 11.9. The third kappa shape index (κ3) is 3.88. The van der Waals surface area contributed by atoms with Crippen molar-refractivity contribution in [2.75, 3.05) is 10.6 Å². The molecule has 1 aromatic carbocycles. The van der Waals surface area contributed by atoms with Gasteiger partial charge in [-0.2, -0.15) is 4.98 Å². The van der Waals surface area contributed by atoms with Crippen molar-refractivity contribution in [3.63, 3.8) is 0 Å². The van der Waals surface area contributed by atoms with E-state index in [2.05, 4.69) is 27.5 Å². The summed E-state index contributed by atoms with van der Waals surface area (Å²) in [5.41, 5.74) is 13.8. The molecular formula is C18H24N6O. The molecule has 1 amide bonds. The molecule has 7 heteroatoms. The summed E-state index contributed by atoms with van der Waals surface area (Å²) in [5.74, 6) is 0.236. The van der Waals surface area contributed by atoms with Crippen LogP contribution in [0.4, 0.5) is 17.5 Å². The Hall–Kier alpha value is -2.67. The Labute approximate surface area is 147 Å². The second-order valence-corrected chi connectivity index (χ2v) is 6.65. The number of benzene rings is 1. The predicted octanol–water partition coefficient (Wildman–Crippen LogP) is 2.31. The Morgan fingerprint density at radius 2 is 2.00 bits per heavy atom. The minimum atomic E-state index is -0.578. The van der Waals surface area contributed by atoms with Crippen molar-refractivity contribution >= 4 is 23.4 Å². The summed E-state index contributed by atoms with van der Waals surface area (Å²) in [6.07, 6.45) is 4.30. The molecular weight excluding hydrogens is 316 g/mol. The number of hydrogen-bond acceptors (Lipinski definition) is 6. The maximum atomic E-state index is 11.7. The lowest BCUT2D eigenvalue weighted by atomic mass is 10.1. The van der Waals surface area contributed by atoms with Gasteiger partial charge in [0.15, 0.2) is 0 Å². The summed E-state index contributed by atoms with van der Waals surface area (Å²) in [6.45, 7) is 4.09. The van der Waals surface area contributed by atoms with Gasteiger partial charge in [-0.1, -0.05) is 24.6 Å². The van der Waals surface area contributed by atoms with E-state index < -0.39 is 5.91 Å². The minimum Gasteiger partial charge on any atom is -0.365 e. The number of nitrogens with two attached hydrogens (primary N) is 2. The molecule has 2 aromatic rings. The first-order valence-electron chi connectivity index (χ1n) is 8.47. The Kier molecular flexibility index (Phi) is 4.59. The fourth-order valence-electron chi connectivity index (χ4n) is 2.80. The molecule has 25 heavy (non-hydrogen) atoms. The number of carbonyl (C=O) groups excluding carboxylic acids is 1. The van der Waals surface area contributed by atoms with E-state index in [1.54, 1.807) is 0 Å². The highest BCUT2D eigenvalue weighted by Gasteiger charge is 2.45. The van der Waals surface area contributed by atoms with E-state index in [1.165, 1.54) is 6.20 Å². The van der Waals surface area contributed by atoms with E-state index in [-0.39, 0.29) is 17.1 Å². The smallest absolute Gasteiger partial charge is 0.254 e. The van der Waals surface area contributed by atoms with Gasteiger partial charge in [-0.05, 0) is 38.3 Å². The molecule has 0 radical (unpaired) electrons. The van der Waals surface area contributed by atoms with Crippen molar-refractivity contribution in [1.82, 2.24) is 9.97 Å². The lowest BCUT2D eigenvalue weighted by Crippen LogP contribution is -2.42. The third-order valence-corrected chi connectivity index (χ3v) is 4.60. The quantitative estimate of drug-likeness (QED) is 0.614. The van der Waals surface area contributed by atoms with Crippen LogP contribution >= 0.6 is 0 Å². The van der Waals surface area contributed by atoms with Crippen LogP contribution in [0.3, 0.4) is 0 Å². The summed E-state index contributed by atoms with van der Waals surface area (Å²) >= 11 is 0. The number of nitrogens with zero attached hydrogens (tertiary/aromatic N) is 2. The molecule has 1 aromatic heterocycles. The molecule has 0 bridgehead atoms. The van der Waals surface area contributed by atoms with E-state index in [0.717, 1.165) is 30.5 Å². The molecule has 1 unspecified atom stereocenters. The predicted molar refractivity (Wildman–Crippen MR) is 98.9 cm³/mol. The van der Waals surface area contributed by atoms with Gasteiger partial charge in [0, 0.05) is 23.5 Å². The zero-order valence-corrected chi connectivity index (χ0v) is 14.5. The maximum absolute atomic E-state index is 11.7. The van der Waals surface area contributed by atoms with Crippen LogP contribution < -0.4 is 22.1 Å². The van der Waals surface area contributed by atoms with Gasteiger partial charge in [-0.15, -0.1) is 0 Å². The van der Waals surface area contributed by atoms with Crippen LogP contribution in [0, 0.1) is 6.92 Å². The molecule has 1 aliphatic rings. The normalized spacial score (nSPS) is 16.1. The molecule has 0 saturated heterocycles. The largest absolute Gasteiger partial charge is 0.365 e. The van der Waals surface area contributed by atoms with Crippen LogP contribution in [-0.2, 0) is 0 Å².